The Bertz CT molecular complexity index is 1500. The summed E-state index contributed by atoms with van der Waals surface area (Å²) in [5.41, 5.74) is 0.739. The Morgan fingerprint density at radius 3 is 2.63 bits per heavy atom. The van der Waals surface area contributed by atoms with Crippen molar-refractivity contribution in [2.45, 2.75) is 21.1 Å². The Morgan fingerprint density at radius 2 is 1.87 bits per heavy atom. The zero-order valence-electron chi connectivity index (χ0n) is 28.9. The van der Waals surface area contributed by atoms with E-state index in [9.17, 15) is 8.42 Å². The second-order valence-corrected chi connectivity index (χ2v) is 9.68. The molecule has 2 aliphatic heterocycles. The highest BCUT2D eigenvalue weighted by molar-refractivity contribution is 7.99. The quantitative estimate of drug-likeness (QED) is 0.588. The first-order chi connectivity index (χ1) is 19.5. The van der Waals surface area contributed by atoms with Gasteiger partial charge in [0.05, 0.1) is 4.90 Å². The molecule has 7 heteroatoms. The van der Waals surface area contributed by atoms with Crippen LogP contribution in [0.1, 0.15) is 35.3 Å². The van der Waals surface area contributed by atoms with Crippen molar-refractivity contribution in [1.29, 1.82) is 0 Å². The number of benzene rings is 2. The second-order valence-electron chi connectivity index (χ2n) is 6.81. The van der Waals surface area contributed by atoms with Gasteiger partial charge in [-0.1, -0.05) is 36.0 Å². The Balaban J connectivity index is 1.82. The van der Waals surface area contributed by atoms with E-state index >= 15 is 0 Å². The molecule has 0 bridgehead atoms. The normalized spacial score (nSPS) is 27.8. The van der Waals surface area contributed by atoms with Crippen molar-refractivity contribution >= 4 is 27.4 Å². The van der Waals surface area contributed by atoms with Crippen LogP contribution >= 0.6 is 11.8 Å². The highest BCUT2D eigenvalue weighted by atomic mass is 32.2. The summed E-state index contributed by atoms with van der Waals surface area (Å²) >= 11 is 1.23. The van der Waals surface area contributed by atoms with Gasteiger partial charge in [0, 0.05) is 74.2 Å². The van der Waals surface area contributed by atoms with Crippen molar-refractivity contribution < 1.29 is 26.2 Å². The smallest absolute Gasteiger partial charge is 0.242 e. The Labute approximate surface area is 202 Å². The molecule has 2 aromatic carbocycles. The summed E-state index contributed by atoms with van der Waals surface area (Å²) in [5.74, 6) is 0. The first kappa shape index (κ1) is 10.8. The fraction of sp³-hybridized carbons (Fsp3) is 0.391. The molecular weight excluding hydrogens is 414 g/mol. The third-order valence-electron chi connectivity index (χ3n) is 4.90. The minimum absolute atomic E-state index is 0.00430. The summed E-state index contributed by atoms with van der Waals surface area (Å²) in [7, 11) is -5.11. The summed E-state index contributed by atoms with van der Waals surface area (Å²) in [6, 6.07) is 10.3. The molecule has 2 heterocycles. The van der Waals surface area contributed by atoms with Gasteiger partial charge in [0.15, 0.2) is 0 Å². The molecule has 30 heavy (non-hydrogen) atoms. The fourth-order valence-electron chi connectivity index (χ4n) is 3.29. The molecule has 2 aromatic rings. The van der Waals surface area contributed by atoms with Crippen LogP contribution in [-0.2, 0) is 10.0 Å². The molecule has 0 amide bonds. The standard InChI is InChI=1S/C23H29N3O2S2/c1-24(2)30(27,28)18-10-11-23-21(17-18)19(20-7-4-5-9-22(20)29-23)8-6-12-26-15-13-25(3)14-16-26/h4-5,7-11,17H,6,12-16H2,1-3H3/b19-8-/i1D3,2D3,3D3,6D2,12D2. The Hall–Kier alpha value is -1.64. The number of nitrogens with zero attached hydrogens (tertiary/aromatic N) is 3. The average Bonchev–Trinajstić information content (AvgIpc) is 2.85. The molecule has 1 fully saturated rings. The zero-order chi connectivity index (χ0) is 32.4. The zero-order valence-corrected chi connectivity index (χ0v) is 17.6. The van der Waals surface area contributed by atoms with Crippen molar-refractivity contribution in [2.75, 3.05) is 53.6 Å². The van der Waals surface area contributed by atoms with E-state index in [1.54, 1.807) is 24.3 Å². The molecule has 4 rings (SSSR count). The van der Waals surface area contributed by atoms with E-state index in [4.69, 9.17) is 17.8 Å². The SMILES string of the molecule is [2H]C([2H])([2H])N1CCN(C([2H])([2H])C([2H])([2H])/C=C2/c3ccccc3Sc3ccc(S(=O)(=O)N(C([2H])([2H])[2H])C([2H])([2H])[2H])cc32)CC1. The van der Waals surface area contributed by atoms with Crippen LogP contribution in [0.2, 0.25) is 0 Å². The van der Waals surface area contributed by atoms with Crippen molar-refractivity contribution in [3.05, 3.63) is 59.7 Å². The number of piperazine rings is 1. The maximum atomic E-state index is 13.4. The molecular formula is C23H29N3O2S2. The number of fused-ring (bicyclic) bond motifs is 2. The van der Waals surface area contributed by atoms with Crippen LogP contribution in [-0.4, -0.2) is 76.1 Å². The van der Waals surface area contributed by atoms with Crippen LogP contribution in [0.25, 0.3) is 5.57 Å². The van der Waals surface area contributed by atoms with Crippen LogP contribution < -0.4 is 0 Å². The van der Waals surface area contributed by atoms with Crippen molar-refractivity contribution in [1.82, 2.24) is 14.1 Å². The molecule has 0 saturated carbocycles. The number of hydrogen-bond donors (Lipinski definition) is 0. The third-order valence-corrected chi connectivity index (χ3v) is 7.38. The fourth-order valence-corrected chi connectivity index (χ4v) is 5.09. The Kier molecular flexibility index (Phi) is 3.18. The maximum absolute atomic E-state index is 13.4. The summed E-state index contributed by atoms with van der Waals surface area (Å²) in [6.07, 6.45) is -1.66. The lowest BCUT2D eigenvalue weighted by atomic mass is 9.96. The van der Waals surface area contributed by atoms with Gasteiger partial charge in [0.2, 0.25) is 10.0 Å². The van der Waals surface area contributed by atoms with Gasteiger partial charge in [-0.25, -0.2) is 12.7 Å². The lowest BCUT2D eigenvalue weighted by Gasteiger charge is -2.32. The van der Waals surface area contributed by atoms with Crippen LogP contribution in [0.3, 0.4) is 0 Å². The first-order valence-electron chi connectivity index (χ1n) is 15.7. The first-order valence-corrected chi connectivity index (χ1v) is 11.4. The van der Waals surface area contributed by atoms with Crippen LogP contribution in [0, 0.1) is 0 Å². The van der Waals surface area contributed by atoms with Crippen LogP contribution in [0.15, 0.2) is 63.2 Å². The summed E-state index contributed by atoms with van der Waals surface area (Å²) in [4.78, 5) is 2.92. The molecule has 2 aliphatic rings. The molecule has 0 atom stereocenters. The summed E-state index contributed by atoms with van der Waals surface area (Å²) < 4.78 is 130. The lowest BCUT2D eigenvalue weighted by molar-refractivity contribution is 0.156. The topological polar surface area (TPSA) is 43.9 Å². The Morgan fingerprint density at radius 1 is 1.10 bits per heavy atom. The number of rotatable bonds is 5. The van der Waals surface area contributed by atoms with E-state index in [-0.39, 0.29) is 37.3 Å². The lowest BCUT2D eigenvalue weighted by Crippen LogP contribution is -2.44. The van der Waals surface area contributed by atoms with E-state index in [0.717, 1.165) is 18.2 Å². The van der Waals surface area contributed by atoms with Crippen molar-refractivity contribution in [3.63, 3.8) is 0 Å². The van der Waals surface area contributed by atoms with Gasteiger partial charge in [-0.05, 0) is 54.3 Å². The molecule has 1 saturated heterocycles. The van der Waals surface area contributed by atoms with Crippen molar-refractivity contribution in [2.24, 2.45) is 0 Å². The molecule has 5 nitrogen and oxygen atoms in total. The number of hydrogen-bond acceptors (Lipinski definition) is 5. The predicted molar refractivity (Wildman–Crippen MR) is 124 cm³/mol. The second kappa shape index (κ2) is 8.85. The van der Waals surface area contributed by atoms with Gasteiger partial charge < -0.3 is 9.80 Å². The highest BCUT2D eigenvalue weighted by Gasteiger charge is 2.25. The number of likely N-dealkylation sites (N-methyl/N-ethyl adjacent to an activating group) is 1. The summed E-state index contributed by atoms with van der Waals surface area (Å²) in [5, 5.41) is 0. The molecule has 0 radical (unpaired) electrons. The highest BCUT2D eigenvalue weighted by Crippen LogP contribution is 2.46. The monoisotopic (exact) mass is 456 g/mol. The van der Waals surface area contributed by atoms with E-state index in [1.165, 1.54) is 27.6 Å². The molecule has 0 aliphatic carbocycles. The minimum atomic E-state index is -5.11. The average molecular weight is 457 g/mol. The molecule has 0 spiro atoms. The van der Waals surface area contributed by atoms with Gasteiger partial charge in [-0.15, -0.1) is 0 Å². The molecule has 0 aromatic heterocycles. The van der Waals surface area contributed by atoms with E-state index in [1.807, 2.05) is 0 Å². The number of sulfonamides is 1. The van der Waals surface area contributed by atoms with Gasteiger partial charge in [-0.3, -0.25) is 0 Å². The van der Waals surface area contributed by atoms with Crippen LogP contribution in [0.5, 0.6) is 0 Å². The van der Waals surface area contributed by atoms with E-state index < -0.39 is 53.0 Å². The van der Waals surface area contributed by atoms with E-state index in [2.05, 4.69) is 0 Å². The van der Waals surface area contributed by atoms with Gasteiger partial charge >= 0.3 is 0 Å². The van der Waals surface area contributed by atoms with Gasteiger partial charge in [0.25, 0.3) is 0 Å². The van der Waals surface area contributed by atoms with E-state index in [0.29, 0.717) is 15.4 Å². The van der Waals surface area contributed by atoms with Gasteiger partial charge in [0.1, 0.15) is 0 Å². The maximum Gasteiger partial charge on any atom is 0.242 e. The largest absolute Gasteiger partial charge is 0.304 e. The van der Waals surface area contributed by atoms with Gasteiger partial charge in [-0.2, -0.15) is 0 Å². The minimum Gasteiger partial charge on any atom is -0.304 e. The summed E-state index contributed by atoms with van der Waals surface area (Å²) in [6.45, 7) is -12.2. The predicted octanol–water partition coefficient (Wildman–Crippen LogP) is 3.47. The molecule has 160 valence electrons. The van der Waals surface area contributed by atoms with Crippen molar-refractivity contribution in [3.8, 4) is 0 Å². The van der Waals surface area contributed by atoms with Crippen LogP contribution in [0.4, 0.5) is 0 Å². The molecule has 0 unspecified atom stereocenters. The third kappa shape index (κ3) is 4.36. The molecule has 0 N–H and O–H groups in total.